The first-order chi connectivity index (χ1) is 13.7. The van der Waals surface area contributed by atoms with Gasteiger partial charge in [-0.15, -0.1) is 5.10 Å². The Hall–Kier alpha value is -3.83. The van der Waals surface area contributed by atoms with E-state index in [1.165, 1.54) is 0 Å². The Balaban J connectivity index is 1.85. The average molecular weight is 411 g/mol. The van der Waals surface area contributed by atoms with Crippen LogP contribution < -0.4 is 10.9 Å². The van der Waals surface area contributed by atoms with Crippen LogP contribution in [0.4, 0.5) is 22.0 Å². The van der Waals surface area contributed by atoms with Crippen molar-refractivity contribution >= 4 is 11.8 Å². The molecule has 0 saturated heterocycles. The zero-order chi connectivity index (χ0) is 21.2. The predicted octanol–water partition coefficient (Wildman–Crippen LogP) is 2.64. The number of hydrogen-bond acceptors (Lipinski definition) is 4. The van der Waals surface area contributed by atoms with Gasteiger partial charge in [-0.2, -0.15) is 13.2 Å². The fourth-order valence-electron chi connectivity index (χ4n) is 2.32. The molecule has 0 bridgehead atoms. The Morgan fingerprint density at radius 3 is 2.17 bits per heavy atom. The van der Waals surface area contributed by atoms with Crippen molar-refractivity contribution in [1.82, 2.24) is 25.8 Å². The molecule has 0 aliphatic carbocycles. The summed E-state index contributed by atoms with van der Waals surface area (Å²) in [5, 5.41) is 6.48. The molecule has 3 rings (SSSR count). The number of nitrogens with zero attached hydrogens (tertiary/aromatic N) is 3. The Labute approximate surface area is 159 Å². The minimum Gasteiger partial charge on any atom is -0.267 e. The van der Waals surface area contributed by atoms with Gasteiger partial charge in [0, 0.05) is 5.56 Å². The second-order valence-corrected chi connectivity index (χ2v) is 5.59. The first-order valence-corrected chi connectivity index (χ1v) is 7.82. The van der Waals surface area contributed by atoms with Crippen molar-refractivity contribution in [3.05, 3.63) is 77.1 Å². The molecule has 0 aliphatic rings. The molecule has 1 aromatic heterocycles. The van der Waals surface area contributed by atoms with Crippen molar-refractivity contribution in [2.24, 2.45) is 0 Å². The molecular weight excluding hydrogens is 401 g/mol. The highest BCUT2D eigenvalue weighted by Crippen LogP contribution is 2.32. The first-order valence-electron chi connectivity index (χ1n) is 7.82. The molecule has 29 heavy (non-hydrogen) atoms. The van der Waals surface area contributed by atoms with Gasteiger partial charge in [-0.05, 0) is 42.5 Å². The minimum atomic E-state index is -5.07. The molecule has 0 aliphatic heterocycles. The number of aromatic nitrogens is 3. The van der Waals surface area contributed by atoms with Gasteiger partial charge < -0.3 is 0 Å². The highest BCUT2D eigenvalue weighted by Gasteiger charge is 2.42. The van der Waals surface area contributed by atoms with Gasteiger partial charge in [0.2, 0.25) is 0 Å². The summed E-state index contributed by atoms with van der Waals surface area (Å²) >= 11 is 0. The van der Waals surface area contributed by atoms with Gasteiger partial charge in [-0.3, -0.25) is 20.4 Å². The molecule has 1 heterocycles. The number of benzene rings is 2. The number of amides is 2. The molecule has 2 N–H and O–H groups in total. The van der Waals surface area contributed by atoms with Crippen LogP contribution in [0.2, 0.25) is 0 Å². The summed E-state index contributed by atoms with van der Waals surface area (Å²) in [5.74, 6) is -3.72. The lowest BCUT2D eigenvalue weighted by atomic mass is 10.2. The summed E-state index contributed by atoms with van der Waals surface area (Å²) < 4.78 is 67.0. The molecule has 150 valence electrons. The maximum atomic E-state index is 13.5. The molecule has 7 nitrogen and oxygen atoms in total. The third-order valence-corrected chi connectivity index (χ3v) is 3.60. The third-order valence-electron chi connectivity index (χ3n) is 3.60. The van der Waals surface area contributed by atoms with E-state index in [-0.39, 0.29) is 15.9 Å². The topological polar surface area (TPSA) is 88.9 Å². The van der Waals surface area contributed by atoms with Crippen molar-refractivity contribution in [1.29, 1.82) is 0 Å². The highest BCUT2D eigenvalue weighted by atomic mass is 19.4. The number of carbonyl (C=O) groups is 2. The Kier molecular flexibility index (Phi) is 5.26. The molecule has 0 fully saturated rings. The van der Waals surface area contributed by atoms with Gasteiger partial charge in [0.15, 0.2) is 11.4 Å². The standard InChI is InChI=1S/C17H10F5N5O2/c18-10-6-4-9(5-7-10)15(28)24-25-16(29)13-14(17(20,21)22)27(26-23-13)12-3-1-2-11(19)8-12/h1-8H,(H,24,28)(H,25,29). The average Bonchev–Trinajstić information content (AvgIpc) is 3.12. The zero-order valence-electron chi connectivity index (χ0n) is 14.2. The zero-order valence-corrected chi connectivity index (χ0v) is 14.2. The Bertz CT molecular complexity index is 1060. The molecule has 0 saturated carbocycles. The van der Waals surface area contributed by atoms with E-state index in [1.54, 1.807) is 5.43 Å². The van der Waals surface area contributed by atoms with Crippen LogP contribution >= 0.6 is 0 Å². The van der Waals surface area contributed by atoms with Gasteiger partial charge >= 0.3 is 6.18 Å². The second-order valence-electron chi connectivity index (χ2n) is 5.59. The van der Waals surface area contributed by atoms with E-state index < -0.39 is 41.0 Å². The lowest BCUT2D eigenvalue weighted by Crippen LogP contribution is -2.42. The van der Waals surface area contributed by atoms with Crippen molar-refractivity contribution in [2.45, 2.75) is 6.18 Å². The fourth-order valence-corrected chi connectivity index (χ4v) is 2.32. The largest absolute Gasteiger partial charge is 0.435 e. The molecule has 0 unspecified atom stereocenters. The Morgan fingerprint density at radius 2 is 1.55 bits per heavy atom. The number of alkyl halides is 3. The molecular formula is C17H10F5N5O2. The predicted molar refractivity (Wildman–Crippen MR) is 87.7 cm³/mol. The SMILES string of the molecule is O=C(NNC(=O)c1nnn(-c2cccc(F)c2)c1C(F)(F)F)c1ccc(F)cc1. The number of halogens is 5. The quantitative estimate of drug-likeness (QED) is 0.512. The normalized spacial score (nSPS) is 11.2. The molecule has 2 amide bonds. The van der Waals surface area contributed by atoms with Crippen molar-refractivity contribution in [2.75, 3.05) is 0 Å². The molecule has 0 spiro atoms. The third kappa shape index (κ3) is 4.36. The van der Waals surface area contributed by atoms with Crippen LogP contribution in [0.5, 0.6) is 0 Å². The summed E-state index contributed by atoms with van der Waals surface area (Å²) in [6, 6.07) is 8.30. The second kappa shape index (κ2) is 7.66. The van der Waals surface area contributed by atoms with Crippen LogP contribution in [0.1, 0.15) is 26.5 Å². The summed E-state index contributed by atoms with van der Waals surface area (Å²) in [6.45, 7) is 0. The summed E-state index contributed by atoms with van der Waals surface area (Å²) in [4.78, 5) is 24.0. The van der Waals surface area contributed by atoms with Crippen LogP contribution in [-0.2, 0) is 6.18 Å². The van der Waals surface area contributed by atoms with E-state index in [0.29, 0.717) is 0 Å². The monoisotopic (exact) mass is 411 g/mol. The maximum Gasteiger partial charge on any atom is 0.435 e. The van der Waals surface area contributed by atoms with E-state index in [9.17, 15) is 31.5 Å². The Morgan fingerprint density at radius 1 is 0.897 bits per heavy atom. The smallest absolute Gasteiger partial charge is 0.267 e. The molecule has 2 aromatic carbocycles. The lowest BCUT2D eigenvalue weighted by Gasteiger charge is -2.11. The summed E-state index contributed by atoms with van der Waals surface area (Å²) in [7, 11) is 0. The van der Waals surface area contributed by atoms with Crippen molar-refractivity contribution in [3.8, 4) is 5.69 Å². The molecule has 0 radical (unpaired) electrons. The fraction of sp³-hybridized carbons (Fsp3) is 0.0588. The summed E-state index contributed by atoms with van der Waals surface area (Å²) in [5.41, 5.74) is 0.614. The lowest BCUT2D eigenvalue weighted by molar-refractivity contribution is -0.143. The number of nitrogens with one attached hydrogen (secondary N) is 2. The van der Waals surface area contributed by atoms with E-state index in [1.807, 2.05) is 5.43 Å². The van der Waals surface area contributed by atoms with E-state index in [4.69, 9.17) is 0 Å². The first kappa shape index (κ1) is 19.9. The summed E-state index contributed by atoms with van der Waals surface area (Å²) in [6.07, 6.45) is -5.07. The number of hydrazine groups is 1. The molecule has 3 aromatic rings. The van der Waals surface area contributed by atoms with E-state index in [2.05, 4.69) is 10.3 Å². The van der Waals surface area contributed by atoms with E-state index >= 15 is 0 Å². The number of rotatable bonds is 3. The van der Waals surface area contributed by atoms with Crippen LogP contribution in [0.25, 0.3) is 5.69 Å². The number of hydrogen-bond donors (Lipinski definition) is 2. The molecule has 12 heteroatoms. The van der Waals surface area contributed by atoms with Crippen LogP contribution in [0.3, 0.4) is 0 Å². The van der Waals surface area contributed by atoms with Gasteiger partial charge in [-0.1, -0.05) is 11.3 Å². The van der Waals surface area contributed by atoms with E-state index in [0.717, 1.165) is 48.5 Å². The minimum absolute atomic E-state index is 0.0499. The van der Waals surface area contributed by atoms with Gasteiger partial charge in [-0.25, -0.2) is 13.5 Å². The molecule has 0 atom stereocenters. The van der Waals surface area contributed by atoms with Gasteiger partial charge in [0.25, 0.3) is 11.8 Å². The van der Waals surface area contributed by atoms with Crippen molar-refractivity contribution in [3.63, 3.8) is 0 Å². The van der Waals surface area contributed by atoms with Crippen LogP contribution in [0, 0.1) is 11.6 Å². The maximum absolute atomic E-state index is 13.5. The number of carbonyl (C=O) groups excluding carboxylic acids is 2. The van der Waals surface area contributed by atoms with Crippen LogP contribution in [-0.4, -0.2) is 26.8 Å². The van der Waals surface area contributed by atoms with Gasteiger partial charge in [0.1, 0.15) is 11.6 Å². The van der Waals surface area contributed by atoms with Crippen LogP contribution in [0.15, 0.2) is 48.5 Å². The van der Waals surface area contributed by atoms with Crippen molar-refractivity contribution < 1.29 is 31.5 Å². The van der Waals surface area contributed by atoms with Gasteiger partial charge in [0.05, 0.1) is 5.69 Å². The highest BCUT2D eigenvalue weighted by molar-refractivity contribution is 5.98.